The number of hydrogen-bond donors (Lipinski definition) is 2. The van der Waals surface area contributed by atoms with E-state index in [0.29, 0.717) is 18.0 Å². The molecular formula is C14H22N2. The fraction of sp³-hybridized carbons (Fsp3) is 0.571. The van der Waals surface area contributed by atoms with Gasteiger partial charge in [0.1, 0.15) is 0 Å². The Bertz CT molecular complexity index is 300. The Morgan fingerprint density at radius 2 is 1.88 bits per heavy atom. The Hall–Kier alpha value is -0.860. The highest BCUT2D eigenvalue weighted by atomic mass is 15.1. The van der Waals surface area contributed by atoms with Gasteiger partial charge in [0, 0.05) is 25.2 Å². The predicted molar refractivity (Wildman–Crippen MR) is 68.6 cm³/mol. The van der Waals surface area contributed by atoms with E-state index in [1.54, 1.807) is 0 Å². The van der Waals surface area contributed by atoms with Crippen molar-refractivity contribution in [2.75, 3.05) is 13.1 Å². The molecule has 1 aromatic rings. The van der Waals surface area contributed by atoms with Crippen LogP contribution in [0.5, 0.6) is 0 Å². The van der Waals surface area contributed by atoms with E-state index in [4.69, 9.17) is 0 Å². The molecule has 2 nitrogen and oxygen atoms in total. The molecule has 1 fully saturated rings. The fourth-order valence-electron chi connectivity index (χ4n) is 2.25. The van der Waals surface area contributed by atoms with Crippen molar-refractivity contribution in [3.05, 3.63) is 35.9 Å². The third-order valence-corrected chi connectivity index (χ3v) is 3.38. The third kappa shape index (κ3) is 3.06. The molecule has 1 saturated heterocycles. The maximum absolute atomic E-state index is 3.64. The molecule has 2 rings (SSSR count). The number of rotatable bonds is 3. The molecule has 2 N–H and O–H groups in total. The topological polar surface area (TPSA) is 24.1 Å². The van der Waals surface area contributed by atoms with Crippen LogP contribution in [-0.4, -0.2) is 25.2 Å². The quantitative estimate of drug-likeness (QED) is 0.808. The number of nitrogens with one attached hydrogen (secondary N) is 2. The molecule has 88 valence electrons. The van der Waals surface area contributed by atoms with Gasteiger partial charge in [-0.1, -0.05) is 44.2 Å². The Morgan fingerprint density at radius 3 is 2.44 bits per heavy atom. The summed E-state index contributed by atoms with van der Waals surface area (Å²) in [6.45, 7) is 6.72. The van der Waals surface area contributed by atoms with E-state index in [-0.39, 0.29) is 0 Å². The molecule has 0 amide bonds. The van der Waals surface area contributed by atoms with Gasteiger partial charge < -0.3 is 10.6 Å². The first-order chi connectivity index (χ1) is 7.75. The zero-order valence-electron chi connectivity index (χ0n) is 10.2. The van der Waals surface area contributed by atoms with E-state index in [1.165, 1.54) is 5.56 Å². The van der Waals surface area contributed by atoms with Gasteiger partial charge in [0.05, 0.1) is 0 Å². The summed E-state index contributed by atoms with van der Waals surface area (Å²) in [5, 5.41) is 7.26. The van der Waals surface area contributed by atoms with Crippen molar-refractivity contribution in [2.45, 2.75) is 32.4 Å². The van der Waals surface area contributed by atoms with Crippen molar-refractivity contribution in [3.8, 4) is 0 Å². The second kappa shape index (κ2) is 5.46. The highest BCUT2D eigenvalue weighted by Gasteiger charge is 2.21. The molecule has 0 unspecified atom stereocenters. The van der Waals surface area contributed by atoms with E-state index in [1.807, 2.05) is 0 Å². The first-order valence-corrected chi connectivity index (χ1v) is 6.26. The van der Waals surface area contributed by atoms with Crippen LogP contribution in [0.15, 0.2) is 30.3 Å². The van der Waals surface area contributed by atoms with Gasteiger partial charge in [-0.2, -0.15) is 0 Å². The lowest BCUT2D eigenvalue weighted by molar-refractivity contribution is 0.293. The molecule has 2 heteroatoms. The average molecular weight is 218 g/mol. The van der Waals surface area contributed by atoms with Crippen molar-refractivity contribution in [1.82, 2.24) is 10.6 Å². The SMILES string of the molecule is CC(C)[C@H]1CN[C@@H](Cc2ccccc2)CN1. The van der Waals surface area contributed by atoms with Crippen LogP contribution in [0, 0.1) is 5.92 Å². The lowest BCUT2D eigenvalue weighted by Gasteiger charge is -2.33. The summed E-state index contributed by atoms with van der Waals surface area (Å²) in [5.41, 5.74) is 1.42. The van der Waals surface area contributed by atoms with Gasteiger partial charge in [-0.25, -0.2) is 0 Å². The zero-order chi connectivity index (χ0) is 11.4. The highest BCUT2D eigenvalue weighted by Crippen LogP contribution is 2.08. The van der Waals surface area contributed by atoms with Gasteiger partial charge in [0.2, 0.25) is 0 Å². The molecule has 0 bridgehead atoms. The van der Waals surface area contributed by atoms with Crippen molar-refractivity contribution in [1.29, 1.82) is 0 Å². The summed E-state index contributed by atoms with van der Waals surface area (Å²) in [5.74, 6) is 0.713. The van der Waals surface area contributed by atoms with Gasteiger partial charge in [0.15, 0.2) is 0 Å². The minimum Gasteiger partial charge on any atom is -0.311 e. The standard InChI is InChI=1S/C14H22N2/c1-11(2)14-10-15-13(9-16-14)8-12-6-4-3-5-7-12/h3-7,11,13-16H,8-10H2,1-2H3/t13-,14+/m0/s1. The Morgan fingerprint density at radius 1 is 1.12 bits per heavy atom. The van der Waals surface area contributed by atoms with Crippen molar-refractivity contribution < 1.29 is 0 Å². The Labute approximate surface area is 98.4 Å². The van der Waals surface area contributed by atoms with E-state index < -0.39 is 0 Å². The van der Waals surface area contributed by atoms with Gasteiger partial charge in [0.25, 0.3) is 0 Å². The minimum atomic E-state index is 0.581. The van der Waals surface area contributed by atoms with Crippen molar-refractivity contribution in [2.24, 2.45) is 5.92 Å². The van der Waals surface area contributed by atoms with E-state index in [2.05, 4.69) is 54.8 Å². The van der Waals surface area contributed by atoms with Crippen LogP contribution in [0.2, 0.25) is 0 Å². The molecule has 1 aromatic carbocycles. The fourth-order valence-corrected chi connectivity index (χ4v) is 2.25. The summed E-state index contributed by atoms with van der Waals surface area (Å²) in [6.07, 6.45) is 1.12. The van der Waals surface area contributed by atoms with Gasteiger partial charge >= 0.3 is 0 Å². The van der Waals surface area contributed by atoms with E-state index >= 15 is 0 Å². The predicted octanol–water partition coefficient (Wildman–Crippen LogP) is 1.82. The zero-order valence-corrected chi connectivity index (χ0v) is 10.2. The third-order valence-electron chi connectivity index (χ3n) is 3.38. The summed E-state index contributed by atoms with van der Waals surface area (Å²) < 4.78 is 0. The first kappa shape index (κ1) is 11.6. The molecular weight excluding hydrogens is 196 g/mol. The van der Waals surface area contributed by atoms with E-state index in [9.17, 15) is 0 Å². The summed E-state index contributed by atoms with van der Waals surface area (Å²) in [7, 11) is 0. The number of benzene rings is 1. The van der Waals surface area contributed by atoms with Crippen molar-refractivity contribution in [3.63, 3.8) is 0 Å². The molecule has 1 heterocycles. The van der Waals surface area contributed by atoms with Crippen LogP contribution in [-0.2, 0) is 6.42 Å². The second-order valence-electron chi connectivity index (χ2n) is 5.05. The van der Waals surface area contributed by atoms with Gasteiger partial charge in [-0.3, -0.25) is 0 Å². The monoisotopic (exact) mass is 218 g/mol. The molecule has 16 heavy (non-hydrogen) atoms. The second-order valence-corrected chi connectivity index (χ2v) is 5.05. The lowest BCUT2D eigenvalue weighted by atomic mass is 9.98. The molecule has 0 radical (unpaired) electrons. The van der Waals surface area contributed by atoms with Gasteiger partial charge in [-0.05, 0) is 17.9 Å². The van der Waals surface area contributed by atoms with Crippen LogP contribution >= 0.6 is 0 Å². The Kier molecular flexibility index (Phi) is 3.97. The van der Waals surface area contributed by atoms with Crippen LogP contribution in [0.25, 0.3) is 0 Å². The molecule has 0 aromatic heterocycles. The highest BCUT2D eigenvalue weighted by molar-refractivity contribution is 5.16. The summed E-state index contributed by atoms with van der Waals surface area (Å²) in [6, 6.07) is 11.9. The molecule has 1 aliphatic rings. The molecule has 0 aliphatic carbocycles. The number of piperazine rings is 1. The normalized spacial score (nSPS) is 25.9. The molecule has 1 aliphatic heterocycles. The first-order valence-electron chi connectivity index (χ1n) is 6.26. The smallest absolute Gasteiger partial charge is 0.0233 e. The van der Waals surface area contributed by atoms with Crippen molar-refractivity contribution >= 4 is 0 Å². The number of hydrogen-bond acceptors (Lipinski definition) is 2. The Balaban J connectivity index is 1.82. The molecule has 2 atom stereocenters. The average Bonchev–Trinajstić information content (AvgIpc) is 2.31. The van der Waals surface area contributed by atoms with Crippen LogP contribution in [0.1, 0.15) is 19.4 Å². The minimum absolute atomic E-state index is 0.581. The molecule has 0 saturated carbocycles. The lowest BCUT2D eigenvalue weighted by Crippen LogP contribution is -2.56. The van der Waals surface area contributed by atoms with Crippen LogP contribution in [0.3, 0.4) is 0 Å². The maximum atomic E-state index is 3.64. The largest absolute Gasteiger partial charge is 0.311 e. The van der Waals surface area contributed by atoms with Crippen LogP contribution in [0.4, 0.5) is 0 Å². The van der Waals surface area contributed by atoms with Crippen LogP contribution < -0.4 is 10.6 Å². The maximum Gasteiger partial charge on any atom is 0.0233 e. The van der Waals surface area contributed by atoms with E-state index in [0.717, 1.165) is 19.5 Å². The molecule has 0 spiro atoms. The summed E-state index contributed by atoms with van der Waals surface area (Å²) in [4.78, 5) is 0. The van der Waals surface area contributed by atoms with Gasteiger partial charge in [-0.15, -0.1) is 0 Å². The summed E-state index contributed by atoms with van der Waals surface area (Å²) >= 11 is 0.